The van der Waals surface area contributed by atoms with Crippen LogP contribution in [0.2, 0.25) is 5.02 Å². The number of benzene rings is 2. The molecule has 5 rings (SSSR count). The minimum atomic E-state index is -0.0610. The predicted octanol–water partition coefficient (Wildman–Crippen LogP) is 5.26. The van der Waals surface area contributed by atoms with Crippen molar-refractivity contribution in [2.24, 2.45) is 5.92 Å². The Morgan fingerprint density at radius 3 is 2.85 bits per heavy atom. The Kier molecular flexibility index (Phi) is 6.70. The van der Waals surface area contributed by atoms with Gasteiger partial charge in [0, 0.05) is 52.9 Å². The number of hydrogen-bond acceptors (Lipinski definition) is 3. The van der Waals surface area contributed by atoms with E-state index in [0.717, 1.165) is 35.2 Å². The topological polar surface area (TPSA) is 65.2 Å². The fraction of sp³-hybridized carbons (Fsp3) is 0.333. The number of nitrogens with zero attached hydrogens (tertiary/aromatic N) is 1. The lowest BCUT2D eigenvalue weighted by atomic mass is 9.83. The van der Waals surface area contributed by atoms with Crippen molar-refractivity contribution in [2.75, 3.05) is 13.6 Å². The van der Waals surface area contributed by atoms with Crippen molar-refractivity contribution in [1.29, 1.82) is 0 Å². The van der Waals surface area contributed by atoms with Gasteiger partial charge in [0.25, 0.3) is 5.91 Å². The van der Waals surface area contributed by atoms with Crippen molar-refractivity contribution in [2.45, 2.75) is 37.0 Å². The van der Waals surface area contributed by atoms with E-state index < -0.39 is 0 Å². The lowest BCUT2D eigenvalue weighted by Crippen LogP contribution is -2.52. The van der Waals surface area contributed by atoms with Gasteiger partial charge in [-0.05, 0) is 55.0 Å². The van der Waals surface area contributed by atoms with Crippen LogP contribution in [0.3, 0.4) is 0 Å². The van der Waals surface area contributed by atoms with Crippen molar-refractivity contribution >= 4 is 52.2 Å². The van der Waals surface area contributed by atoms with Gasteiger partial charge in [-0.3, -0.25) is 9.59 Å². The van der Waals surface area contributed by atoms with Gasteiger partial charge < -0.3 is 15.2 Å². The van der Waals surface area contributed by atoms with Crippen LogP contribution in [-0.4, -0.2) is 46.6 Å². The molecule has 0 spiro atoms. The first-order valence-corrected chi connectivity index (χ1v) is 13.0. The third-order valence-corrected chi connectivity index (χ3v) is 8.74. The van der Waals surface area contributed by atoms with Crippen LogP contribution in [0.25, 0.3) is 17.0 Å². The Morgan fingerprint density at radius 2 is 2.00 bits per heavy atom. The fourth-order valence-corrected chi connectivity index (χ4v) is 6.73. The van der Waals surface area contributed by atoms with Crippen LogP contribution in [0, 0.1) is 5.92 Å². The standard InChI is InChI=1S/C27H28ClN3O2S/c1-31-23-14-18(26(32)29-13-12-19-16-30-22-9-5-3-7-20(19)22)10-11-24(23)34-25(27(31)33)15-17-6-2-4-8-21(17)28/h2-9,15-16,18,23-24,30H,10-14H2,1H3,(H,29,32)/b25-15-. The van der Waals surface area contributed by atoms with E-state index in [2.05, 4.69) is 22.4 Å². The number of carbonyl (C=O) groups excluding carboxylic acids is 2. The first kappa shape index (κ1) is 23.1. The summed E-state index contributed by atoms with van der Waals surface area (Å²) in [4.78, 5) is 31.9. The van der Waals surface area contributed by atoms with Crippen LogP contribution in [-0.2, 0) is 16.0 Å². The zero-order chi connectivity index (χ0) is 23.7. The summed E-state index contributed by atoms with van der Waals surface area (Å²) in [5.41, 5.74) is 3.19. The number of hydrogen-bond donors (Lipinski definition) is 2. The molecule has 2 heterocycles. The van der Waals surface area contributed by atoms with Crippen molar-refractivity contribution in [3.8, 4) is 0 Å². The molecular weight excluding hydrogens is 466 g/mol. The second kappa shape index (κ2) is 9.88. The van der Waals surface area contributed by atoms with E-state index in [1.807, 2.05) is 60.6 Å². The summed E-state index contributed by atoms with van der Waals surface area (Å²) >= 11 is 7.93. The van der Waals surface area contributed by atoms with Crippen LogP contribution in [0.4, 0.5) is 0 Å². The average molecular weight is 494 g/mol. The number of para-hydroxylation sites is 1. The molecule has 2 fully saturated rings. The normalized spacial score (nSPS) is 23.8. The van der Waals surface area contributed by atoms with Gasteiger partial charge in [0.15, 0.2) is 0 Å². The molecule has 1 saturated carbocycles. The molecule has 5 nitrogen and oxygen atoms in total. The Morgan fingerprint density at radius 1 is 1.21 bits per heavy atom. The molecule has 2 N–H and O–H groups in total. The summed E-state index contributed by atoms with van der Waals surface area (Å²) in [6, 6.07) is 15.8. The van der Waals surface area contributed by atoms with E-state index in [4.69, 9.17) is 11.6 Å². The zero-order valence-corrected chi connectivity index (χ0v) is 20.7. The molecule has 3 unspecified atom stereocenters. The summed E-state index contributed by atoms with van der Waals surface area (Å²) in [7, 11) is 1.86. The quantitative estimate of drug-likeness (QED) is 0.476. The molecule has 3 aromatic rings. The number of fused-ring (bicyclic) bond motifs is 2. The Labute approximate surface area is 208 Å². The van der Waals surface area contributed by atoms with Gasteiger partial charge in [-0.25, -0.2) is 0 Å². The molecular formula is C27H28ClN3O2S. The summed E-state index contributed by atoms with van der Waals surface area (Å²) < 4.78 is 0. The number of aromatic amines is 1. The SMILES string of the molecule is CN1C(=O)/C(=C/c2ccccc2Cl)SC2CCC(C(=O)NCCc3c[nH]c4ccccc34)CC21. The third kappa shape index (κ3) is 4.62. The predicted molar refractivity (Wildman–Crippen MR) is 140 cm³/mol. The number of rotatable bonds is 5. The van der Waals surface area contributed by atoms with Gasteiger partial charge in [0.05, 0.1) is 4.91 Å². The monoisotopic (exact) mass is 493 g/mol. The van der Waals surface area contributed by atoms with Gasteiger partial charge in [-0.15, -0.1) is 11.8 Å². The number of carbonyl (C=O) groups is 2. The van der Waals surface area contributed by atoms with E-state index in [0.29, 0.717) is 23.2 Å². The smallest absolute Gasteiger partial charge is 0.260 e. The van der Waals surface area contributed by atoms with Gasteiger partial charge in [-0.1, -0.05) is 48.0 Å². The molecule has 0 bridgehead atoms. The zero-order valence-electron chi connectivity index (χ0n) is 19.1. The number of amides is 2. The molecule has 1 aliphatic carbocycles. The second-order valence-corrected chi connectivity index (χ2v) is 10.8. The maximum absolute atomic E-state index is 13.1. The average Bonchev–Trinajstić information content (AvgIpc) is 3.26. The molecule has 2 aliphatic rings. The largest absolute Gasteiger partial charge is 0.361 e. The van der Waals surface area contributed by atoms with E-state index in [1.54, 1.807) is 11.8 Å². The maximum atomic E-state index is 13.1. The number of likely N-dealkylation sites (N-methyl/N-ethyl adjacent to an activating group) is 1. The highest BCUT2D eigenvalue weighted by atomic mass is 35.5. The van der Waals surface area contributed by atoms with Crippen molar-refractivity contribution in [3.63, 3.8) is 0 Å². The molecule has 3 atom stereocenters. The lowest BCUT2D eigenvalue weighted by molar-refractivity contribution is -0.131. The molecule has 0 radical (unpaired) electrons. The van der Waals surface area contributed by atoms with Crippen LogP contribution < -0.4 is 5.32 Å². The van der Waals surface area contributed by atoms with E-state index in [-0.39, 0.29) is 23.8 Å². The van der Waals surface area contributed by atoms with Crippen LogP contribution in [0.1, 0.15) is 30.4 Å². The Hall–Kier alpha value is -2.70. The van der Waals surface area contributed by atoms with Crippen molar-refractivity contribution < 1.29 is 9.59 Å². The molecule has 7 heteroatoms. The third-order valence-electron chi connectivity index (χ3n) is 6.99. The lowest BCUT2D eigenvalue weighted by Gasteiger charge is -2.44. The van der Waals surface area contributed by atoms with Crippen LogP contribution in [0.15, 0.2) is 59.6 Å². The van der Waals surface area contributed by atoms with E-state index >= 15 is 0 Å². The van der Waals surface area contributed by atoms with Gasteiger partial charge in [0.1, 0.15) is 0 Å². The molecule has 176 valence electrons. The van der Waals surface area contributed by atoms with Gasteiger partial charge in [0.2, 0.25) is 5.91 Å². The van der Waals surface area contributed by atoms with Gasteiger partial charge >= 0.3 is 0 Å². The first-order chi connectivity index (χ1) is 16.5. The van der Waals surface area contributed by atoms with E-state index in [1.165, 1.54) is 10.9 Å². The number of H-pyrrole nitrogens is 1. The highest BCUT2D eigenvalue weighted by Crippen LogP contribution is 2.43. The van der Waals surface area contributed by atoms with Crippen molar-refractivity contribution in [3.05, 3.63) is 75.8 Å². The van der Waals surface area contributed by atoms with Crippen LogP contribution >= 0.6 is 23.4 Å². The molecule has 1 aliphatic heterocycles. The molecule has 2 aromatic carbocycles. The summed E-state index contributed by atoms with van der Waals surface area (Å²) in [5, 5.41) is 5.28. The van der Waals surface area contributed by atoms with Crippen molar-refractivity contribution in [1.82, 2.24) is 15.2 Å². The first-order valence-electron chi connectivity index (χ1n) is 11.7. The summed E-state index contributed by atoms with van der Waals surface area (Å²) in [6.07, 6.45) is 7.17. The Bertz CT molecular complexity index is 1250. The molecule has 1 saturated heterocycles. The Balaban J connectivity index is 1.19. The highest BCUT2D eigenvalue weighted by molar-refractivity contribution is 8.04. The number of thioether (sulfide) groups is 1. The number of aromatic nitrogens is 1. The molecule has 2 amide bonds. The molecule has 34 heavy (non-hydrogen) atoms. The minimum absolute atomic E-state index is 0.00608. The number of halogens is 1. The van der Waals surface area contributed by atoms with Crippen LogP contribution in [0.5, 0.6) is 0 Å². The molecule has 1 aromatic heterocycles. The summed E-state index contributed by atoms with van der Waals surface area (Å²) in [6.45, 7) is 0.611. The fourth-order valence-electron chi connectivity index (χ4n) is 5.07. The minimum Gasteiger partial charge on any atom is -0.361 e. The number of nitrogens with one attached hydrogen (secondary N) is 2. The summed E-state index contributed by atoms with van der Waals surface area (Å²) in [5.74, 6) is 0.0438. The van der Waals surface area contributed by atoms with Gasteiger partial charge in [-0.2, -0.15) is 0 Å². The van der Waals surface area contributed by atoms with E-state index in [9.17, 15) is 9.59 Å². The maximum Gasteiger partial charge on any atom is 0.260 e. The second-order valence-electron chi connectivity index (χ2n) is 9.08. The highest BCUT2D eigenvalue weighted by Gasteiger charge is 2.42.